The molecule has 0 aromatic carbocycles. The minimum Gasteiger partial charge on any atom is -0.318 e. The molecule has 4 heteroatoms. The molecule has 0 bridgehead atoms. The summed E-state index contributed by atoms with van der Waals surface area (Å²) in [5, 5.41) is 7.73. The molecule has 1 aromatic heterocycles. The van der Waals surface area contributed by atoms with E-state index in [-0.39, 0.29) is 0 Å². The highest BCUT2D eigenvalue weighted by atomic mass is 15.3. The van der Waals surface area contributed by atoms with E-state index in [1.165, 1.54) is 17.0 Å². The molecule has 98 valence electrons. The van der Waals surface area contributed by atoms with E-state index in [9.17, 15) is 0 Å². The van der Waals surface area contributed by atoms with Gasteiger partial charge in [0, 0.05) is 31.9 Å². The predicted octanol–water partition coefficient (Wildman–Crippen LogP) is 1.21. The standard InChI is InChI=1S/C13H26N4/c1-6-17-12(3)13(11(2)15-17)7-9-16(5)10-8-14-4/h14H,6-10H2,1-5H3. The summed E-state index contributed by atoms with van der Waals surface area (Å²) < 4.78 is 2.10. The van der Waals surface area contributed by atoms with Crippen LogP contribution in [0.15, 0.2) is 0 Å². The van der Waals surface area contributed by atoms with Gasteiger partial charge in [0.15, 0.2) is 0 Å². The largest absolute Gasteiger partial charge is 0.318 e. The first-order chi connectivity index (χ1) is 8.10. The third-order valence-corrected chi connectivity index (χ3v) is 3.32. The van der Waals surface area contributed by atoms with E-state index in [1.807, 2.05) is 7.05 Å². The van der Waals surface area contributed by atoms with Gasteiger partial charge in [-0.3, -0.25) is 4.68 Å². The molecule has 0 saturated heterocycles. The second kappa shape index (κ2) is 6.77. The van der Waals surface area contributed by atoms with E-state index < -0.39 is 0 Å². The molecule has 0 spiro atoms. The average Bonchev–Trinajstić information content (AvgIpc) is 2.59. The first-order valence-electron chi connectivity index (χ1n) is 6.46. The number of nitrogens with one attached hydrogen (secondary N) is 1. The Morgan fingerprint density at radius 2 is 2.00 bits per heavy atom. The molecular formula is C13H26N4. The Kier molecular flexibility index (Phi) is 5.65. The van der Waals surface area contributed by atoms with E-state index in [2.05, 4.69) is 47.8 Å². The number of aromatic nitrogens is 2. The maximum Gasteiger partial charge on any atom is 0.0628 e. The normalized spacial score (nSPS) is 11.4. The van der Waals surface area contributed by atoms with Gasteiger partial charge < -0.3 is 10.2 Å². The minimum absolute atomic E-state index is 0.961. The maximum atomic E-state index is 4.55. The lowest BCUT2D eigenvalue weighted by Crippen LogP contribution is -2.29. The summed E-state index contributed by atoms with van der Waals surface area (Å²) in [5.74, 6) is 0. The molecule has 0 unspecified atom stereocenters. The van der Waals surface area contributed by atoms with Gasteiger partial charge in [0.25, 0.3) is 0 Å². The van der Waals surface area contributed by atoms with E-state index in [4.69, 9.17) is 0 Å². The lowest BCUT2D eigenvalue weighted by molar-refractivity contribution is 0.339. The van der Waals surface area contributed by atoms with Gasteiger partial charge in [-0.25, -0.2) is 0 Å². The van der Waals surface area contributed by atoms with Gasteiger partial charge in [0.05, 0.1) is 5.69 Å². The van der Waals surface area contributed by atoms with E-state index in [0.717, 1.165) is 32.6 Å². The summed E-state index contributed by atoms with van der Waals surface area (Å²) in [4.78, 5) is 2.36. The van der Waals surface area contributed by atoms with Gasteiger partial charge in [-0.2, -0.15) is 5.10 Å². The number of aryl methyl sites for hydroxylation is 2. The number of likely N-dealkylation sites (N-methyl/N-ethyl adjacent to an activating group) is 2. The summed E-state index contributed by atoms with van der Waals surface area (Å²) >= 11 is 0. The van der Waals surface area contributed by atoms with Crippen LogP contribution in [0.1, 0.15) is 23.9 Å². The van der Waals surface area contributed by atoms with Crippen molar-refractivity contribution in [1.29, 1.82) is 0 Å². The van der Waals surface area contributed by atoms with Gasteiger partial charge in [0.2, 0.25) is 0 Å². The minimum atomic E-state index is 0.961. The molecule has 1 rings (SSSR count). The van der Waals surface area contributed by atoms with Crippen molar-refractivity contribution in [1.82, 2.24) is 20.0 Å². The Morgan fingerprint density at radius 3 is 2.53 bits per heavy atom. The van der Waals surface area contributed by atoms with Crippen molar-refractivity contribution in [2.24, 2.45) is 0 Å². The average molecular weight is 238 g/mol. The summed E-state index contributed by atoms with van der Waals surface area (Å²) in [6.07, 6.45) is 1.10. The Labute approximate surface area is 105 Å². The van der Waals surface area contributed by atoms with Gasteiger partial charge in [-0.05, 0) is 46.9 Å². The molecule has 0 saturated carbocycles. The summed E-state index contributed by atoms with van der Waals surface area (Å²) in [6.45, 7) is 10.6. The number of rotatable bonds is 7. The zero-order chi connectivity index (χ0) is 12.8. The third kappa shape index (κ3) is 3.82. The van der Waals surface area contributed by atoms with Crippen LogP contribution in [0.3, 0.4) is 0 Å². The summed E-state index contributed by atoms with van der Waals surface area (Å²) in [7, 11) is 4.17. The Hall–Kier alpha value is -0.870. The number of hydrogen-bond donors (Lipinski definition) is 1. The van der Waals surface area contributed by atoms with E-state index in [0.29, 0.717) is 0 Å². The maximum absolute atomic E-state index is 4.55. The Bertz CT molecular complexity index is 343. The van der Waals surface area contributed by atoms with Crippen molar-refractivity contribution in [3.05, 3.63) is 17.0 Å². The zero-order valence-electron chi connectivity index (χ0n) is 11.9. The topological polar surface area (TPSA) is 33.1 Å². The molecule has 0 aliphatic carbocycles. The van der Waals surface area contributed by atoms with Crippen LogP contribution in [0.5, 0.6) is 0 Å². The highest BCUT2D eigenvalue weighted by molar-refractivity contribution is 5.24. The van der Waals surface area contributed by atoms with Crippen molar-refractivity contribution in [2.45, 2.75) is 33.7 Å². The van der Waals surface area contributed by atoms with Crippen molar-refractivity contribution in [3.63, 3.8) is 0 Å². The smallest absolute Gasteiger partial charge is 0.0628 e. The molecule has 1 heterocycles. The highest BCUT2D eigenvalue weighted by Gasteiger charge is 2.10. The van der Waals surface area contributed by atoms with Crippen LogP contribution in [0.25, 0.3) is 0 Å². The van der Waals surface area contributed by atoms with Crippen LogP contribution in [0.4, 0.5) is 0 Å². The van der Waals surface area contributed by atoms with Crippen LogP contribution < -0.4 is 5.32 Å². The molecule has 0 amide bonds. The van der Waals surface area contributed by atoms with Crippen molar-refractivity contribution in [2.75, 3.05) is 33.7 Å². The van der Waals surface area contributed by atoms with Crippen LogP contribution >= 0.6 is 0 Å². The fourth-order valence-electron chi connectivity index (χ4n) is 2.12. The second-order valence-corrected chi connectivity index (χ2v) is 4.62. The van der Waals surface area contributed by atoms with Gasteiger partial charge in [-0.1, -0.05) is 0 Å². The summed E-state index contributed by atoms with van der Waals surface area (Å²) in [5.41, 5.74) is 3.93. The zero-order valence-corrected chi connectivity index (χ0v) is 11.9. The highest BCUT2D eigenvalue weighted by Crippen LogP contribution is 2.13. The quantitative estimate of drug-likeness (QED) is 0.775. The van der Waals surface area contributed by atoms with Gasteiger partial charge >= 0.3 is 0 Å². The molecule has 0 atom stereocenters. The fourth-order valence-corrected chi connectivity index (χ4v) is 2.12. The molecular weight excluding hydrogens is 212 g/mol. The second-order valence-electron chi connectivity index (χ2n) is 4.62. The number of nitrogens with zero attached hydrogens (tertiary/aromatic N) is 3. The van der Waals surface area contributed by atoms with Crippen LogP contribution in [-0.4, -0.2) is 48.4 Å². The predicted molar refractivity (Wildman–Crippen MR) is 72.5 cm³/mol. The molecule has 0 radical (unpaired) electrons. The lowest BCUT2D eigenvalue weighted by atomic mass is 10.1. The molecule has 0 fully saturated rings. The monoisotopic (exact) mass is 238 g/mol. The first kappa shape index (κ1) is 14.2. The van der Waals surface area contributed by atoms with E-state index in [1.54, 1.807) is 0 Å². The third-order valence-electron chi connectivity index (χ3n) is 3.32. The van der Waals surface area contributed by atoms with Crippen molar-refractivity contribution in [3.8, 4) is 0 Å². The fraction of sp³-hybridized carbons (Fsp3) is 0.769. The van der Waals surface area contributed by atoms with Gasteiger partial charge in [0.1, 0.15) is 0 Å². The SMILES string of the molecule is CCn1nc(C)c(CCN(C)CCNC)c1C. The molecule has 1 aromatic rings. The molecule has 0 aliphatic heterocycles. The Morgan fingerprint density at radius 1 is 1.29 bits per heavy atom. The molecule has 17 heavy (non-hydrogen) atoms. The Balaban J connectivity index is 2.54. The summed E-state index contributed by atoms with van der Waals surface area (Å²) in [6, 6.07) is 0. The first-order valence-corrected chi connectivity index (χ1v) is 6.46. The van der Waals surface area contributed by atoms with Crippen LogP contribution in [0.2, 0.25) is 0 Å². The molecule has 1 N–H and O–H groups in total. The van der Waals surface area contributed by atoms with Crippen molar-refractivity contribution < 1.29 is 0 Å². The molecule has 0 aliphatic rings. The van der Waals surface area contributed by atoms with Crippen LogP contribution in [-0.2, 0) is 13.0 Å². The lowest BCUT2D eigenvalue weighted by Gasteiger charge is -2.16. The van der Waals surface area contributed by atoms with Crippen molar-refractivity contribution >= 4 is 0 Å². The molecule has 4 nitrogen and oxygen atoms in total. The van der Waals surface area contributed by atoms with Crippen LogP contribution in [0, 0.1) is 13.8 Å². The number of hydrogen-bond acceptors (Lipinski definition) is 3. The van der Waals surface area contributed by atoms with Gasteiger partial charge in [-0.15, -0.1) is 0 Å². The van der Waals surface area contributed by atoms with E-state index >= 15 is 0 Å².